The summed E-state index contributed by atoms with van der Waals surface area (Å²) in [6, 6.07) is 2.14. The molecule has 1 rings (SSSR count). The van der Waals surface area contributed by atoms with Crippen LogP contribution < -0.4 is 5.32 Å². The minimum atomic E-state index is 0.408. The molecule has 1 atom stereocenters. The van der Waals surface area contributed by atoms with E-state index in [1.807, 2.05) is 6.92 Å². The van der Waals surface area contributed by atoms with E-state index >= 15 is 0 Å². The van der Waals surface area contributed by atoms with Crippen molar-refractivity contribution in [2.75, 3.05) is 5.32 Å². The smallest absolute Gasteiger partial charge is 0.134 e. The highest BCUT2D eigenvalue weighted by Gasteiger charge is 2.02. The van der Waals surface area contributed by atoms with Crippen molar-refractivity contribution >= 4 is 17.4 Å². The van der Waals surface area contributed by atoms with Crippen molar-refractivity contribution in [3.63, 3.8) is 0 Å². The number of rotatable bonds is 3. The molecule has 0 spiro atoms. The third kappa shape index (κ3) is 3.19. The van der Waals surface area contributed by atoms with Gasteiger partial charge in [-0.05, 0) is 20.3 Å². The summed E-state index contributed by atoms with van der Waals surface area (Å²) in [5, 5.41) is 3.72. The lowest BCUT2D eigenvalue weighted by molar-refractivity contribution is 0.757. The summed E-state index contributed by atoms with van der Waals surface area (Å²) in [5.74, 6) is 1.49. The summed E-state index contributed by atoms with van der Waals surface area (Å²) < 4.78 is 0. The normalized spacial score (nSPS) is 12.6. The van der Waals surface area contributed by atoms with Crippen LogP contribution in [0.2, 0.25) is 5.15 Å². The van der Waals surface area contributed by atoms with E-state index < -0.39 is 0 Å². The number of halogens is 1. The third-order valence-electron chi connectivity index (χ3n) is 1.81. The van der Waals surface area contributed by atoms with Crippen LogP contribution in [0.15, 0.2) is 6.07 Å². The molecule has 0 aliphatic carbocycles. The number of nitrogens with one attached hydrogen (secondary N) is 1. The highest BCUT2D eigenvalue weighted by molar-refractivity contribution is 6.29. The van der Waals surface area contributed by atoms with Gasteiger partial charge in [0.1, 0.15) is 16.8 Å². The average molecular weight is 200 g/mol. The quantitative estimate of drug-likeness (QED) is 0.761. The van der Waals surface area contributed by atoms with E-state index in [1.165, 1.54) is 0 Å². The van der Waals surface area contributed by atoms with Crippen molar-refractivity contribution < 1.29 is 0 Å². The first-order chi connectivity index (χ1) is 6.11. The molecule has 0 aromatic carbocycles. The maximum absolute atomic E-state index is 5.79. The van der Waals surface area contributed by atoms with E-state index in [1.54, 1.807) is 6.07 Å². The third-order valence-corrected chi connectivity index (χ3v) is 2.01. The van der Waals surface area contributed by atoms with Gasteiger partial charge in [0, 0.05) is 12.1 Å². The molecule has 0 saturated heterocycles. The van der Waals surface area contributed by atoms with Crippen molar-refractivity contribution in [3.05, 3.63) is 17.0 Å². The standard InChI is InChI=1S/C9H14ClN3/c1-4-6(2)11-9-5-8(10)12-7(3)13-9/h5-6H,4H2,1-3H3,(H,11,12,13). The second kappa shape index (κ2) is 4.42. The molecule has 0 saturated carbocycles. The predicted molar refractivity (Wildman–Crippen MR) is 55.2 cm³/mol. The zero-order valence-electron chi connectivity index (χ0n) is 8.13. The molecule has 0 bridgehead atoms. The molecular weight excluding hydrogens is 186 g/mol. The van der Waals surface area contributed by atoms with Gasteiger partial charge in [0.05, 0.1) is 0 Å². The summed E-state index contributed by atoms with van der Waals surface area (Å²) in [6.07, 6.45) is 1.06. The number of aromatic nitrogens is 2. The highest BCUT2D eigenvalue weighted by Crippen LogP contribution is 2.12. The zero-order chi connectivity index (χ0) is 9.84. The molecule has 0 aliphatic heterocycles. The molecule has 1 aromatic rings. The van der Waals surface area contributed by atoms with Crippen LogP contribution in [0.25, 0.3) is 0 Å². The molecule has 1 unspecified atom stereocenters. The summed E-state index contributed by atoms with van der Waals surface area (Å²) in [5.41, 5.74) is 0. The van der Waals surface area contributed by atoms with Crippen molar-refractivity contribution in [1.29, 1.82) is 0 Å². The van der Waals surface area contributed by atoms with E-state index in [2.05, 4.69) is 29.1 Å². The van der Waals surface area contributed by atoms with Crippen molar-refractivity contribution in [2.24, 2.45) is 0 Å². The zero-order valence-corrected chi connectivity index (χ0v) is 8.89. The molecule has 1 aromatic heterocycles. The van der Waals surface area contributed by atoms with Gasteiger partial charge in [-0.1, -0.05) is 18.5 Å². The number of hydrogen-bond acceptors (Lipinski definition) is 3. The first-order valence-corrected chi connectivity index (χ1v) is 4.77. The second-order valence-electron chi connectivity index (χ2n) is 3.08. The molecule has 0 radical (unpaired) electrons. The van der Waals surface area contributed by atoms with E-state index in [9.17, 15) is 0 Å². The van der Waals surface area contributed by atoms with Crippen LogP contribution in [0.4, 0.5) is 5.82 Å². The van der Waals surface area contributed by atoms with Crippen LogP contribution >= 0.6 is 11.6 Å². The summed E-state index contributed by atoms with van der Waals surface area (Å²) in [4.78, 5) is 8.20. The molecule has 4 heteroatoms. The van der Waals surface area contributed by atoms with Crippen LogP contribution in [-0.4, -0.2) is 16.0 Å². The minimum absolute atomic E-state index is 0.408. The molecule has 1 heterocycles. The molecule has 0 fully saturated rings. The van der Waals surface area contributed by atoms with Gasteiger partial charge in [-0.2, -0.15) is 0 Å². The van der Waals surface area contributed by atoms with Gasteiger partial charge in [0.25, 0.3) is 0 Å². The van der Waals surface area contributed by atoms with Crippen molar-refractivity contribution in [1.82, 2.24) is 9.97 Å². The van der Waals surface area contributed by atoms with Crippen LogP contribution in [-0.2, 0) is 0 Å². The lowest BCUT2D eigenvalue weighted by Crippen LogP contribution is -2.14. The van der Waals surface area contributed by atoms with Gasteiger partial charge >= 0.3 is 0 Å². The lowest BCUT2D eigenvalue weighted by Gasteiger charge is -2.12. The number of hydrogen-bond donors (Lipinski definition) is 1. The fraction of sp³-hybridized carbons (Fsp3) is 0.556. The van der Waals surface area contributed by atoms with Gasteiger partial charge in [-0.25, -0.2) is 9.97 Å². The number of anilines is 1. The Labute approximate surface area is 83.5 Å². The van der Waals surface area contributed by atoms with E-state index in [0.29, 0.717) is 17.0 Å². The Morgan fingerprint density at radius 1 is 1.54 bits per heavy atom. The monoisotopic (exact) mass is 199 g/mol. The highest BCUT2D eigenvalue weighted by atomic mass is 35.5. The first-order valence-electron chi connectivity index (χ1n) is 4.39. The first kappa shape index (κ1) is 10.3. The minimum Gasteiger partial charge on any atom is -0.367 e. The largest absolute Gasteiger partial charge is 0.367 e. The molecule has 0 aliphatic rings. The second-order valence-corrected chi connectivity index (χ2v) is 3.46. The fourth-order valence-corrected chi connectivity index (χ4v) is 1.19. The molecule has 13 heavy (non-hydrogen) atoms. The van der Waals surface area contributed by atoms with Crippen LogP contribution in [0.1, 0.15) is 26.1 Å². The van der Waals surface area contributed by atoms with Gasteiger partial charge < -0.3 is 5.32 Å². The molecule has 1 N–H and O–H groups in total. The molecule has 3 nitrogen and oxygen atoms in total. The Morgan fingerprint density at radius 3 is 2.77 bits per heavy atom. The fourth-order valence-electron chi connectivity index (χ4n) is 0.960. The maximum atomic E-state index is 5.79. The van der Waals surface area contributed by atoms with E-state index in [0.717, 1.165) is 12.2 Å². The summed E-state index contributed by atoms with van der Waals surface area (Å²) in [7, 11) is 0. The van der Waals surface area contributed by atoms with Gasteiger partial charge in [-0.3, -0.25) is 0 Å². The summed E-state index contributed by atoms with van der Waals surface area (Å²) >= 11 is 5.79. The predicted octanol–water partition coefficient (Wildman–Crippen LogP) is 2.65. The van der Waals surface area contributed by atoms with Gasteiger partial charge in [0.15, 0.2) is 0 Å². The Kier molecular flexibility index (Phi) is 3.48. The number of aryl methyl sites for hydroxylation is 1. The average Bonchev–Trinajstić information content (AvgIpc) is 2.02. The van der Waals surface area contributed by atoms with Gasteiger partial charge in [-0.15, -0.1) is 0 Å². The topological polar surface area (TPSA) is 37.8 Å². The molecule has 72 valence electrons. The van der Waals surface area contributed by atoms with Crippen molar-refractivity contribution in [3.8, 4) is 0 Å². The van der Waals surface area contributed by atoms with Crippen molar-refractivity contribution in [2.45, 2.75) is 33.2 Å². The van der Waals surface area contributed by atoms with Crippen LogP contribution in [0, 0.1) is 6.92 Å². The Hall–Kier alpha value is -0.830. The Balaban J connectivity index is 2.77. The number of nitrogens with zero attached hydrogens (tertiary/aromatic N) is 2. The van der Waals surface area contributed by atoms with Crippen LogP contribution in [0.5, 0.6) is 0 Å². The van der Waals surface area contributed by atoms with Gasteiger partial charge in [0.2, 0.25) is 0 Å². The Bertz CT molecular complexity index is 268. The summed E-state index contributed by atoms with van der Waals surface area (Å²) in [6.45, 7) is 6.05. The SMILES string of the molecule is CCC(C)Nc1cc(Cl)nc(C)n1. The van der Waals surface area contributed by atoms with E-state index in [4.69, 9.17) is 11.6 Å². The Morgan fingerprint density at radius 2 is 2.23 bits per heavy atom. The van der Waals surface area contributed by atoms with E-state index in [-0.39, 0.29) is 0 Å². The maximum Gasteiger partial charge on any atom is 0.134 e. The molecular formula is C9H14ClN3. The van der Waals surface area contributed by atoms with Crippen LogP contribution in [0.3, 0.4) is 0 Å². The molecule has 0 amide bonds. The lowest BCUT2D eigenvalue weighted by atomic mass is 10.2.